The molecule has 0 spiro atoms. The fourth-order valence-corrected chi connectivity index (χ4v) is 0.537. The van der Waals surface area contributed by atoms with Gasteiger partial charge < -0.3 is 10.5 Å². The lowest BCUT2D eigenvalue weighted by molar-refractivity contribution is 0.155. The van der Waals surface area contributed by atoms with Gasteiger partial charge in [0.25, 0.3) is 0 Å². The van der Waals surface area contributed by atoms with Gasteiger partial charge >= 0.3 is 0 Å². The van der Waals surface area contributed by atoms with Crippen LogP contribution in [0.25, 0.3) is 0 Å². The largest absolute Gasteiger partial charge is 0.378 e. The van der Waals surface area contributed by atoms with Gasteiger partial charge in [0.2, 0.25) is 0 Å². The molecular weight excluding hydrogens is 114 g/mol. The molecule has 0 aliphatic rings. The van der Waals surface area contributed by atoms with E-state index in [1.807, 2.05) is 19.9 Å². The van der Waals surface area contributed by atoms with E-state index in [0.717, 1.165) is 0 Å². The summed E-state index contributed by atoms with van der Waals surface area (Å²) in [6.45, 7) is 4.60. The summed E-state index contributed by atoms with van der Waals surface area (Å²) in [6.07, 6.45) is 2.20. The zero-order valence-electron chi connectivity index (χ0n) is 6.35. The van der Waals surface area contributed by atoms with Crippen molar-refractivity contribution in [2.75, 3.05) is 13.7 Å². The molecule has 0 radical (unpaired) electrons. The highest BCUT2D eigenvalue weighted by atomic mass is 16.5. The van der Waals surface area contributed by atoms with Gasteiger partial charge in [-0.15, -0.1) is 0 Å². The molecular formula is C7H15NO. The smallest absolute Gasteiger partial charge is 0.0726 e. The van der Waals surface area contributed by atoms with E-state index in [-0.39, 0.29) is 6.10 Å². The summed E-state index contributed by atoms with van der Waals surface area (Å²) >= 11 is 0. The van der Waals surface area contributed by atoms with Crippen LogP contribution in [0.2, 0.25) is 0 Å². The van der Waals surface area contributed by atoms with Crippen molar-refractivity contribution < 1.29 is 4.74 Å². The third kappa shape index (κ3) is 4.18. The summed E-state index contributed by atoms with van der Waals surface area (Å²) in [5, 5.41) is 0. The monoisotopic (exact) mass is 129 g/mol. The number of hydrogen-bond donors (Lipinski definition) is 1. The second-order valence-electron chi connectivity index (χ2n) is 2.16. The zero-order chi connectivity index (χ0) is 7.28. The molecule has 54 valence electrons. The standard InChI is InChI=1S/C7H15NO/c1-6(5-8)4-7(2)9-3/h4,7H,5,8H2,1-3H3/b6-4-. The van der Waals surface area contributed by atoms with Crippen molar-refractivity contribution in [2.24, 2.45) is 5.73 Å². The molecule has 0 rings (SSSR count). The van der Waals surface area contributed by atoms with E-state index in [1.165, 1.54) is 5.57 Å². The quantitative estimate of drug-likeness (QED) is 0.575. The molecule has 0 fully saturated rings. The number of rotatable bonds is 3. The van der Waals surface area contributed by atoms with Gasteiger partial charge in [0.1, 0.15) is 0 Å². The molecule has 0 aromatic rings. The first kappa shape index (κ1) is 8.66. The molecule has 1 unspecified atom stereocenters. The maximum atomic E-state index is 5.35. The number of ether oxygens (including phenoxy) is 1. The van der Waals surface area contributed by atoms with Gasteiger partial charge in [-0.05, 0) is 13.8 Å². The Balaban J connectivity index is 3.64. The van der Waals surface area contributed by atoms with E-state index in [1.54, 1.807) is 7.11 Å². The highest BCUT2D eigenvalue weighted by Crippen LogP contribution is 1.95. The minimum absolute atomic E-state index is 0.188. The average Bonchev–Trinajstić information content (AvgIpc) is 1.87. The Morgan fingerprint density at radius 1 is 1.78 bits per heavy atom. The second-order valence-corrected chi connectivity index (χ2v) is 2.16. The van der Waals surface area contributed by atoms with Crippen LogP contribution >= 0.6 is 0 Å². The number of methoxy groups -OCH3 is 1. The molecule has 2 N–H and O–H groups in total. The molecule has 0 saturated carbocycles. The number of hydrogen-bond acceptors (Lipinski definition) is 2. The summed E-state index contributed by atoms with van der Waals surface area (Å²) in [5.74, 6) is 0. The van der Waals surface area contributed by atoms with E-state index >= 15 is 0 Å². The van der Waals surface area contributed by atoms with Gasteiger partial charge in [-0.3, -0.25) is 0 Å². The maximum Gasteiger partial charge on any atom is 0.0726 e. The minimum atomic E-state index is 0.188. The van der Waals surface area contributed by atoms with Crippen LogP contribution in [0.5, 0.6) is 0 Å². The molecule has 0 amide bonds. The maximum absolute atomic E-state index is 5.35. The van der Waals surface area contributed by atoms with Crippen molar-refractivity contribution in [1.82, 2.24) is 0 Å². The van der Waals surface area contributed by atoms with Gasteiger partial charge in [-0.2, -0.15) is 0 Å². The first-order valence-electron chi connectivity index (χ1n) is 3.11. The Labute approximate surface area is 56.7 Å². The topological polar surface area (TPSA) is 35.2 Å². The summed E-state index contributed by atoms with van der Waals surface area (Å²) in [5.41, 5.74) is 6.52. The third-order valence-corrected chi connectivity index (χ3v) is 1.21. The molecule has 0 bridgehead atoms. The predicted octanol–water partition coefficient (Wildman–Crippen LogP) is 0.926. The molecule has 0 aliphatic carbocycles. The second kappa shape index (κ2) is 4.53. The Hall–Kier alpha value is -0.340. The van der Waals surface area contributed by atoms with E-state index in [9.17, 15) is 0 Å². The van der Waals surface area contributed by atoms with Crippen LogP contribution in [0, 0.1) is 0 Å². The molecule has 0 aromatic heterocycles. The van der Waals surface area contributed by atoms with Crippen molar-refractivity contribution in [1.29, 1.82) is 0 Å². The lowest BCUT2D eigenvalue weighted by Crippen LogP contribution is -2.05. The van der Waals surface area contributed by atoms with Gasteiger partial charge in [0.15, 0.2) is 0 Å². The van der Waals surface area contributed by atoms with Crippen LogP contribution in [-0.2, 0) is 4.74 Å². The first-order chi connectivity index (χ1) is 4.20. The third-order valence-electron chi connectivity index (χ3n) is 1.21. The van der Waals surface area contributed by atoms with Gasteiger partial charge in [0, 0.05) is 13.7 Å². The van der Waals surface area contributed by atoms with Crippen molar-refractivity contribution in [2.45, 2.75) is 20.0 Å². The molecule has 0 aromatic carbocycles. The fraction of sp³-hybridized carbons (Fsp3) is 0.714. The van der Waals surface area contributed by atoms with E-state index < -0.39 is 0 Å². The van der Waals surface area contributed by atoms with Crippen LogP contribution in [-0.4, -0.2) is 19.8 Å². The van der Waals surface area contributed by atoms with Crippen LogP contribution in [0.15, 0.2) is 11.6 Å². The van der Waals surface area contributed by atoms with E-state index in [2.05, 4.69) is 0 Å². The fourth-order valence-electron chi connectivity index (χ4n) is 0.537. The zero-order valence-corrected chi connectivity index (χ0v) is 6.35. The first-order valence-corrected chi connectivity index (χ1v) is 3.11. The van der Waals surface area contributed by atoms with Gasteiger partial charge in [-0.25, -0.2) is 0 Å². The molecule has 2 heteroatoms. The molecule has 0 saturated heterocycles. The summed E-state index contributed by atoms with van der Waals surface area (Å²) < 4.78 is 4.99. The summed E-state index contributed by atoms with van der Waals surface area (Å²) in [6, 6.07) is 0. The molecule has 2 nitrogen and oxygen atoms in total. The Kier molecular flexibility index (Phi) is 4.36. The van der Waals surface area contributed by atoms with Gasteiger partial charge in [0.05, 0.1) is 6.10 Å². The molecule has 0 heterocycles. The number of nitrogens with two attached hydrogens (primary N) is 1. The normalized spacial score (nSPS) is 15.8. The highest BCUT2D eigenvalue weighted by Gasteiger charge is 1.92. The Morgan fingerprint density at radius 2 is 2.33 bits per heavy atom. The van der Waals surface area contributed by atoms with Gasteiger partial charge in [-0.1, -0.05) is 11.6 Å². The Morgan fingerprint density at radius 3 is 2.67 bits per heavy atom. The van der Waals surface area contributed by atoms with Crippen molar-refractivity contribution in [3.05, 3.63) is 11.6 Å². The molecule has 9 heavy (non-hydrogen) atoms. The highest BCUT2D eigenvalue weighted by molar-refractivity contribution is 5.02. The van der Waals surface area contributed by atoms with E-state index in [0.29, 0.717) is 6.54 Å². The van der Waals surface area contributed by atoms with Crippen molar-refractivity contribution in [3.63, 3.8) is 0 Å². The lowest BCUT2D eigenvalue weighted by atomic mass is 10.2. The van der Waals surface area contributed by atoms with Crippen LogP contribution < -0.4 is 5.73 Å². The van der Waals surface area contributed by atoms with Crippen molar-refractivity contribution >= 4 is 0 Å². The van der Waals surface area contributed by atoms with Crippen LogP contribution in [0.3, 0.4) is 0 Å². The summed E-state index contributed by atoms with van der Waals surface area (Å²) in [4.78, 5) is 0. The summed E-state index contributed by atoms with van der Waals surface area (Å²) in [7, 11) is 1.69. The lowest BCUT2D eigenvalue weighted by Gasteiger charge is -2.03. The van der Waals surface area contributed by atoms with Crippen LogP contribution in [0.1, 0.15) is 13.8 Å². The molecule has 0 aliphatic heterocycles. The van der Waals surface area contributed by atoms with Crippen molar-refractivity contribution in [3.8, 4) is 0 Å². The minimum Gasteiger partial charge on any atom is -0.378 e. The predicted molar refractivity (Wildman–Crippen MR) is 39.3 cm³/mol. The average molecular weight is 129 g/mol. The Bertz CT molecular complexity index is 99.1. The molecule has 1 atom stereocenters. The van der Waals surface area contributed by atoms with E-state index in [4.69, 9.17) is 10.5 Å². The van der Waals surface area contributed by atoms with Crippen LogP contribution in [0.4, 0.5) is 0 Å². The SMILES string of the molecule is COC(C)/C=C(/C)CN.